The van der Waals surface area contributed by atoms with Crippen molar-refractivity contribution in [3.63, 3.8) is 0 Å². The van der Waals surface area contributed by atoms with Gasteiger partial charge in [-0.1, -0.05) is 47.6 Å². The third kappa shape index (κ3) is 6.27. The number of methoxy groups -OCH3 is 2. The summed E-state index contributed by atoms with van der Waals surface area (Å²) in [6.07, 6.45) is 0. The SMILES string of the molecule is COc1cccc(-c2nc(SCc3cccc(NC(=O)c4cc(Cl)nc(OC)c4)c3)[nH]c(=O)c2C#N)c1. The predicted octanol–water partition coefficient (Wildman–Crippen LogP) is 4.92. The molecule has 37 heavy (non-hydrogen) atoms. The Morgan fingerprint density at radius 3 is 2.68 bits per heavy atom. The van der Waals surface area contributed by atoms with Crippen LogP contribution in [0.1, 0.15) is 21.5 Å². The largest absolute Gasteiger partial charge is 0.497 e. The number of aromatic amines is 1. The summed E-state index contributed by atoms with van der Waals surface area (Å²) < 4.78 is 10.3. The minimum atomic E-state index is -0.523. The molecule has 186 valence electrons. The van der Waals surface area contributed by atoms with E-state index in [2.05, 4.69) is 20.3 Å². The van der Waals surface area contributed by atoms with Gasteiger partial charge in [-0.25, -0.2) is 9.97 Å². The molecule has 0 bridgehead atoms. The number of carbonyl (C=O) groups is 1. The zero-order valence-corrected chi connectivity index (χ0v) is 21.3. The Kier molecular flexibility index (Phi) is 8.08. The number of anilines is 1. The fourth-order valence-corrected chi connectivity index (χ4v) is 4.41. The minimum absolute atomic E-state index is 0.0739. The number of hydrogen-bond acceptors (Lipinski definition) is 8. The molecule has 2 N–H and O–H groups in total. The maximum Gasteiger partial charge on any atom is 0.270 e. The van der Waals surface area contributed by atoms with Crippen LogP contribution in [0.25, 0.3) is 11.3 Å². The van der Waals surface area contributed by atoms with E-state index in [1.54, 1.807) is 30.3 Å². The van der Waals surface area contributed by atoms with Gasteiger partial charge in [-0.3, -0.25) is 9.59 Å². The van der Waals surface area contributed by atoms with Crippen LogP contribution >= 0.6 is 23.4 Å². The summed E-state index contributed by atoms with van der Waals surface area (Å²) in [5.41, 5.74) is 2.04. The molecule has 4 rings (SSSR count). The standard InChI is InChI=1S/C26H20ClN5O4S/c1-35-19-8-4-6-16(10-19)23-20(13-28)25(34)32-26(31-23)37-14-15-5-3-7-18(9-15)29-24(33)17-11-21(27)30-22(12-17)36-2/h3-12H,14H2,1-2H3,(H,29,33)(H,31,32,34). The molecule has 0 saturated carbocycles. The molecule has 0 spiro atoms. The van der Waals surface area contributed by atoms with Gasteiger partial charge in [0.1, 0.15) is 22.5 Å². The molecule has 0 aliphatic heterocycles. The molecule has 1 amide bonds. The molecule has 0 aliphatic rings. The molecule has 0 aliphatic carbocycles. The van der Waals surface area contributed by atoms with Crippen LogP contribution in [0.2, 0.25) is 5.15 Å². The Bertz CT molecular complexity index is 1570. The van der Waals surface area contributed by atoms with Crippen molar-refractivity contribution >= 4 is 35.0 Å². The lowest BCUT2D eigenvalue weighted by Gasteiger charge is -2.10. The van der Waals surface area contributed by atoms with Gasteiger partial charge in [-0.05, 0) is 35.9 Å². The van der Waals surface area contributed by atoms with E-state index in [-0.39, 0.29) is 28.2 Å². The predicted molar refractivity (Wildman–Crippen MR) is 141 cm³/mol. The van der Waals surface area contributed by atoms with Gasteiger partial charge in [0.15, 0.2) is 5.16 Å². The first-order valence-corrected chi connectivity index (χ1v) is 12.2. The van der Waals surface area contributed by atoms with E-state index in [1.165, 1.54) is 38.1 Å². The van der Waals surface area contributed by atoms with E-state index >= 15 is 0 Å². The van der Waals surface area contributed by atoms with E-state index in [0.717, 1.165) is 5.56 Å². The highest BCUT2D eigenvalue weighted by Crippen LogP contribution is 2.27. The summed E-state index contributed by atoms with van der Waals surface area (Å²) in [7, 11) is 2.98. The van der Waals surface area contributed by atoms with Crippen LogP contribution in [-0.2, 0) is 5.75 Å². The smallest absolute Gasteiger partial charge is 0.270 e. The van der Waals surface area contributed by atoms with Crippen molar-refractivity contribution < 1.29 is 14.3 Å². The number of aromatic nitrogens is 3. The van der Waals surface area contributed by atoms with Crippen LogP contribution in [0, 0.1) is 11.3 Å². The van der Waals surface area contributed by atoms with Crippen molar-refractivity contribution in [1.29, 1.82) is 5.26 Å². The monoisotopic (exact) mass is 533 g/mol. The molecule has 4 aromatic rings. The second-order valence-corrected chi connectivity index (χ2v) is 8.95. The molecule has 9 nitrogen and oxygen atoms in total. The normalized spacial score (nSPS) is 10.4. The molecule has 0 radical (unpaired) electrons. The zero-order valence-electron chi connectivity index (χ0n) is 19.7. The highest BCUT2D eigenvalue weighted by atomic mass is 35.5. The van der Waals surface area contributed by atoms with Crippen LogP contribution < -0.4 is 20.3 Å². The van der Waals surface area contributed by atoms with E-state index in [0.29, 0.717) is 33.5 Å². The second kappa shape index (κ2) is 11.6. The molecule has 2 aromatic carbocycles. The van der Waals surface area contributed by atoms with E-state index in [4.69, 9.17) is 21.1 Å². The highest BCUT2D eigenvalue weighted by molar-refractivity contribution is 7.98. The first-order valence-electron chi connectivity index (χ1n) is 10.8. The average Bonchev–Trinajstić information content (AvgIpc) is 2.91. The van der Waals surface area contributed by atoms with E-state index in [1.807, 2.05) is 24.3 Å². The quantitative estimate of drug-likeness (QED) is 0.185. The number of pyridine rings is 1. The van der Waals surface area contributed by atoms with Gasteiger partial charge in [0.25, 0.3) is 11.5 Å². The number of carbonyl (C=O) groups excluding carboxylic acids is 1. The molecule has 2 aromatic heterocycles. The van der Waals surface area contributed by atoms with Gasteiger partial charge in [0.2, 0.25) is 5.88 Å². The molecule has 0 fully saturated rings. The third-order valence-electron chi connectivity index (χ3n) is 5.15. The van der Waals surface area contributed by atoms with Crippen molar-refractivity contribution in [3.8, 4) is 29.0 Å². The maximum absolute atomic E-state index is 12.7. The van der Waals surface area contributed by atoms with Gasteiger partial charge in [-0.2, -0.15) is 5.26 Å². The summed E-state index contributed by atoms with van der Waals surface area (Å²) in [5, 5.41) is 12.8. The summed E-state index contributed by atoms with van der Waals surface area (Å²) in [6, 6.07) is 19.2. The average molecular weight is 534 g/mol. The third-order valence-corrected chi connectivity index (χ3v) is 6.29. The maximum atomic E-state index is 12.7. The Balaban J connectivity index is 1.52. The summed E-state index contributed by atoms with van der Waals surface area (Å²) in [5.74, 6) is 0.905. The van der Waals surface area contributed by atoms with Crippen LogP contribution in [0.5, 0.6) is 11.6 Å². The minimum Gasteiger partial charge on any atom is -0.497 e. The van der Waals surface area contributed by atoms with E-state index in [9.17, 15) is 14.9 Å². The lowest BCUT2D eigenvalue weighted by atomic mass is 10.1. The van der Waals surface area contributed by atoms with Crippen molar-refractivity contribution in [2.45, 2.75) is 10.9 Å². The van der Waals surface area contributed by atoms with Crippen molar-refractivity contribution in [2.24, 2.45) is 0 Å². The van der Waals surface area contributed by atoms with Gasteiger partial charge in [0, 0.05) is 28.6 Å². The van der Waals surface area contributed by atoms with Gasteiger partial charge in [-0.15, -0.1) is 0 Å². The Morgan fingerprint density at radius 2 is 1.92 bits per heavy atom. The van der Waals surface area contributed by atoms with Crippen LogP contribution in [0.3, 0.4) is 0 Å². The first kappa shape index (κ1) is 25.8. The van der Waals surface area contributed by atoms with Crippen molar-refractivity contribution in [2.75, 3.05) is 19.5 Å². The topological polar surface area (TPSA) is 130 Å². The fourth-order valence-electron chi connectivity index (χ4n) is 3.41. The molecule has 0 atom stereocenters. The number of hydrogen-bond donors (Lipinski definition) is 2. The summed E-state index contributed by atoms with van der Waals surface area (Å²) >= 11 is 7.26. The number of nitrogens with one attached hydrogen (secondary N) is 2. The molecular weight excluding hydrogens is 514 g/mol. The van der Waals surface area contributed by atoms with Crippen molar-refractivity contribution in [1.82, 2.24) is 15.0 Å². The van der Waals surface area contributed by atoms with Gasteiger partial charge in [0.05, 0.1) is 19.9 Å². The zero-order chi connectivity index (χ0) is 26.4. The number of H-pyrrole nitrogens is 1. The number of thioether (sulfide) groups is 1. The van der Waals surface area contributed by atoms with Crippen molar-refractivity contribution in [3.05, 3.63) is 92.9 Å². The van der Waals surface area contributed by atoms with Crippen LogP contribution in [-0.4, -0.2) is 35.1 Å². The van der Waals surface area contributed by atoms with Crippen LogP contribution in [0.4, 0.5) is 5.69 Å². The Morgan fingerprint density at radius 1 is 1.11 bits per heavy atom. The number of amides is 1. The second-order valence-electron chi connectivity index (χ2n) is 7.60. The molecule has 0 unspecified atom stereocenters. The number of rotatable bonds is 8. The fraction of sp³-hybridized carbons (Fsp3) is 0.115. The number of nitriles is 1. The van der Waals surface area contributed by atoms with Gasteiger partial charge < -0.3 is 19.8 Å². The molecular formula is C26H20ClN5O4S. The van der Waals surface area contributed by atoms with Gasteiger partial charge >= 0.3 is 0 Å². The Hall–Kier alpha value is -4.33. The lowest BCUT2D eigenvalue weighted by molar-refractivity contribution is 0.102. The Labute approximate surface area is 221 Å². The molecule has 0 saturated heterocycles. The molecule has 2 heterocycles. The van der Waals surface area contributed by atoms with Crippen LogP contribution in [0.15, 0.2) is 70.6 Å². The number of halogens is 1. The first-order chi connectivity index (χ1) is 17.9. The summed E-state index contributed by atoms with van der Waals surface area (Å²) in [6.45, 7) is 0. The number of benzene rings is 2. The summed E-state index contributed by atoms with van der Waals surface area (Å²) in [4.78, 5) is 36.4. The molecule has 11 heteroatoms. The highest BCUT2D eigenvalue weighted by Gasteiger charge is 2.15. The van der Waals surface area contributed by atoms with E-state index < -0.39 is 5.56 Å². The lowest BCUT2D eigenvalue weighted by Crippen LogP contribution is -2.14. The number of nitrogens with zero attached hydrogens (tertiary/aromatic N) is 3. The number of ether oxygens (including phenoxy) is 2.